The topological polar surface area (TPSA) is 108 Å². The second-order valence-electron chi connectivity index (χ2n) is 3.80. The Morgan fingerprint density at radius 3 is 2.89 bits per heavy atom. The molecule has 0 radical (unpaired) electrons. The summed E-state index contributed by atoms with van der Waals surface area (Å²) in [6.07, 6.45) is -0.0204. The first-order valence-corrected chi connectivity index (χ1v) is 6.32. The van der Waals surface area contributed by atoms with Gasteiger partial charge in [0.1, 0.15) is 11.3 Å². The Kier molecular flexibility index (Phi) is 3.82. The highest BCUT2D eigenvalue weighted by Gasteiger charge is 2.29. The largest absolute Gasteiger partial charge is 0.378 e. The van der Waals surface area contributed by atoms with Crippen molar-refractivity contribution < 1.29 is 9.59 Å². The highest BCUT2D eigenvalue weighted by atomic mass is 32.2. The molecule has 0 fully saturated rings. The molecule has 96 valence electrons. The Balaban J connectivity index is 1.99. The van der Waals surface area contributed by atoms with Crippen molar-refractivity contribution in [3.8, 4) is 6.07 Å². The number of thioether (sulfide) groups is 1. The summed E-state index contributed by atoms with van der Waals surface area (Å²) in [5, 5.41) is 11.1. The molecule has 0 saturated carbocycles. The molecule has 1 aromatic rings. The molecule has 1 aliphatic heterocycles. The molecule has 1 aromatic carbocycles. The van der Waals surface area contributed by atoms with E-state index in [4.69, 9.17) is 11.0 Å². The number of carbonyl (C=O) groups excluding carboxylic acids is 2. The molecular weight excluding hydrogens is 264 g/mol. The van der Waals surface area contributed by atoms with E-state index in [0.717, 1.165) is 11.8 Å². The maximum absolute atomic E-state index is 11.8. The first kappa shape index (κ1) is 13.1. The number of nitriles is 1. The lowest BCUT2D eigenvalue weighted by Crippen LogP contribution is -2.22. The number of anilines is 1. The summed E-state index contributed by atoms with van der Waals surface area (Å²) < 4.78 is 0. The van der Waals surface area contributed by atoms with Crippen molar-refractivity contribution in [1.29, 1.82) is 5.26 Å². The first-order valence-electron chi connectivity index (χ1n) is 5.44. The second-order valence-corrected chi connectivity index (χ2v) is 5.03. The van der Waals surface area contributed by atoms with Gasteiger partial charge in [0, 0.05) is 6.42 Å². The van der Waals surface area contributed by atoms with Crippen molar-refractivity contribution in [3.63, 3.8) is 0 Å². The van der Waals surface area contributed by atoms with Gasteiger partial charge in [0.2, 0.25) is 5.91 Å². The van der Waals surface area contributed by atoms with E-state index in [9.17, 15) is 9.59 Å². The monoisotopic (exact) mass is 274 g/mol. The number of carbonyl (C=O) groups is 2. The van der Waals surface area contributed by atoms with E-state index in [-0.39, 0.29) is 17.5 Å². The average molecular weight is 274 g/mol. The highest BCUT2D eigenvalue weighted by Crippen LogP contribution is 2.23. The zero-order chi connectivity index (χ0) is 13.8. The number of nitrogens with zero attached hydrogens (tertiary/aromatic N) is 2. The number of hydrogen-bond donors (Lipinski definition) is 2. The van der Waals surface area contributed by atoms with Gasteiger partial charge in [-0.1, -0.05) is 23.9 Å². The van der Waals surface area contributed by atoms with Crippen LogP contribution in [0.2, 0.25) is 0 Å². The van der Waals surface area contributed by atoms with Crippen LogP contribution in [0.3, 0.4) is 0 Å². The fraction of sp³-hybridized carbons (Fsp3) is 0.167. The van der Waals surface area contributed by atoms with Gasteiger partial charge < -0.3 is 11.1 Å². The van der Waals surface area contributed by atoms with E-state index in [2.05, 4.69) is 10.3 Å². The number of nitrogens with two attached hydrogens (primary N) is 1. The van der Waals surface area contributed by atoms with Crippen molar-refractivity contribution in [1.82, 2.24) is 0 Å². The summed E-state index contributed by atoms with van der Waals surface area (Å²) in [5.41, 5.74) is 6.21. The Labute approximate surface area is 113 Å². The summed E-state index contributed by atoms with van der Waals surface area (Å²) in [6, 6.07) is 8.64. The van der Waals surface area contributed by atoms with Crippen LogP contribution in [0.15, 0.2) is 29.3 Å². The van der Waals surface area contributed by atoms with Crippen molar-refractivity contribution in [2.24, 2.45) is 10.7 Å². The van der Waals surface area contributed by atoms with Gasteiger partial charge in [0.25, 0.3) is 5.91 Å². The van der Waals surface area contributed by atoms with E-state index in [1.807, 2.05) is 6.07 Å². The predicted molar refractivity (Wildman–Crippen MR) is 72.4 cm³/mol. The molecule has 0 aliphatic carbocycles. The minimum atomic E-state index is -0.575. The third-order valence-electron chi connectivity index (χ3n) is 2.45. The Morgan fingerprint density at radius 2 is 2.26 bits per heavy atom. The molecule has 7 heteroatoms. The van der Waals surface area contributed by atoms with E-state index >= 15 is 0 Å². The van der Waals surface area contributed by atoms with Gasteiger partial charge in [0.05, 0.1) is 11.3 Å². The van der Waals surface area contributed by atoms with Crippen LogP contribution in [0.5, 0.6) is 0 Å². The zero-order valence-corrected chi connectivity index (χ0v) is 10.6. The lowest BCUT2D eigenvalue weighted by molar-refractivity contribution is -0.121. The Hall–Kier alpha value is -2.33. The number of rotatable bonds is 3. The van der Waals surface area contributed by atoms with Crippen LogP contribution in [-0.2, 0) is 9.59 Å². The lowest BCUT2D eigenvalue weighted by Gasteiger charge is -2.08. The summed E-state index contributed by atoms with van der Waals surface area (Å²) in [6.45, 7) is 0. The number of benzene rings is 1. The van der Waals surface area contributed by atoms with Gasteiger partial charge in [-0.2, -0.15) is 10.3 Å². The quantitative estimate of drug-likeness (QED) is 0.849. The molecule has 1 aliphatic rings. The third-order valence-corrected chi connectivity index (χ3v) is 3.44. The lowest BCUT2D eigenvalue weighted by atomic mass is 10.2. The molecule has 0 bridgehead atoms. The smallest absolute Gasteiger partial charge is 0.262 e. The maximum atomic E-state index is 11.8. The predicted octanol–water partition coefficient (Wildman–Crippen LogP) is 0.844. The van der Waals surface area contributed by atoms with Crippen LogP contribution in [-0.4, -0.2) is 22.2 Å². The molecule has 0 aromatic heterocycles. The van der Waals surface area contributed by atoms with Crippen LogP contribution >= 0.6 is 11.8 Å². The molecule has 0 spiro atoms. The number of nitrogens with one attached hydrogen (secondary N) is 1. The third kappa shape index (κ3) is 3.11. The fourth-order valence-corrected chi connectivity index (χ4v) is 2.41. The van der Waals surface area contributed by atoms with Gasteiger partial charge in [-0.25, -0.2) is 0 Å². The second kappa shape index (κ2) is 5.54. The molecule has 19 heavy (non-hydrogen) atoms. The fourth-order valence-electron chi connectivity index (χ4n) is 1.59. The van der Waals surface area contributed by atoms with E-state index in [1.54, 1.807) is 24.3 Å². The summed E-state index contributed by atoms with van der Waals surface area (Å²) >= 11 is 1.07. The summed E-state index contributed by atoms with van der Waals surface area (Å²) in [7, 11) is 0. The van der Waals surface area contributed by atoms with Gasteiger partial charge in [-0.05, 0) is 12.1 Å². The van der Waals surface area contributed by atoms with Crippen LogP contribution in [0.1, 0.15) is 12.0 Å². The number of aliphatic imine (C=N–C) groups is 1. The maximum Gasteiger partial charge on any atom is 0.262 e. The van der Waals surface area contributed by atoms with E-state index in [1.165, 1.54) is 0 Å². The molecular formula is C12H10N4O2S. The summed E-state index contributed by atoms with van der Waals surface area (Å²) in [4.78, 5) is 26.7. The average Bonchev–Trinajstić information content (AvgIpc) is 2.68. The Bertz CT molecular complexity index is 606. The number of amides is 2. The van der Waals surface area contributed by atoms with Crippen LogP contribution in [0.25, 0.3) is 0 Å². The number of hydrogen-bond acceptors (Lipinski definition) is 5. The van der Waals surface area contributed by atoms with Crippen molar-refractivity contribution in [2.45, 2.75) is 11.7 Å². The minimum Gasteiger partial charge on any atom is -0.378 e. The highest BCUT2D eigenvalue weighted by molar-refractivity contribution is 8.15. The van der Waals surface area contributed by atoms with Gasteiger partial charge in [-0.15, -0.1) is 0 Å². The van der Waals surface area contributed by atoms with Crippen LogP contribution in [0.4, 0.5) is 5.69 Å². The van der Waals surface area contributed by atoms with Gasteiger partial charge in [0.15, 0.2) is 5.17 Å². The molecule has 3 N–H and O–H groups in total. The molecule has 6 nitrogen and oxygen atoms in total. The summed E-state index contributed by atoms with van der Waals surface area (Å²) in [5.74, 6) is -0.746. The molecule has 0 unspecified atom stereocenters. The normalized spacial score (nSPS) is 17.7. The molecule has 2 amide bonds. The van der Waals surface area contributed by atoms with Crippen molar-refractivity contribution >= 4 is 34.4 Å². The number of para-hydroxylation sites is 1. The molecule has 0 saturated heterocycles. The SMILES string of the molecule is N#Cc1ccccc1NC(=O)C[C@@H]1SC(N)=NC1=O. The van der Waals surface area contributed by atoms with E-state index in [0.29, 0.717) is 11.3 Å². The molecule has 2 rings (SSSR count). The van der Waals surface area contributed by atoms with Crippen LogP contribution < -0.4 is 11.1 Å². The molecule has 1 atom stereocenters. The van der Waals surface area contributed by atoms with Crippen molar-refractivity contribution in [2.75, 3.05) is 5.32 Å². The number of amidine groups is 1. The van der Waals surface area contributed by atoms with Gasteiger partial charge in [-0.3, -0.25) is 9.59 Å². The first-order chi connectivity index (χ1) is 9.10. The van der Waals surface area contributed by atoms with E-state index < -0.39 is 11.2 Å². The standard InChI is InChI=1S/C12H10N4O2S/c13-6-7-3-1-2-4-8(7)15-10(17)5-9-11(18)16-12(14)19-9/h1-4,9H,5H2,(H,15,17)(H2,14,16,18)/t9-/m0/s1. The molecule has 1 heterocycles. The van der Waals surface area contributed by atoms with Gasteiger partial charge >= 0.3 is 0 Å². The van der Waals surface area contributed by atoms with Crippen molar-refractivity contribution in [3.05, 3.63) is 29.8 Å². The minimum absolute atomic E-state index is 0.0204. The zero-order valence-electron chi connectivity index (χ0n) is 9.79. The van der Waals surface area contributed by atoms with Crippen LogP contribution in [0, 0.1) is 11.3 Å². The Morgan fingerprint density at radius 1 is 1.53 bits per heavy atom.